The lowest BCUT2D eigenvalue weighted by Gasteiger charge is -2.10. The van der Waals surface area contributed by atoms with Gasteiger partial charge in [-0.2, -0.15) is 0 Å². The van der Waals surface area contributed by atoms with Crippen LogP contribution in [0.15, 0.2) is 23.4 Å². The van der Waals surface area contributed by atoms with Crippen LogP contribution in [0.2, 0.25) is 5.02 Å². The Morgan fingerprint density at radius 2 is 2.47 bits per heavy atom. The van der Waals surface area contributed by atoms with Crippen molar-refractivity contribution in [1.82, 2.24) is 10.3 Å². The molecule has 0 bridgehead atoms. The molecule has 1 aromatic rings. The molecule has 3 nitrogen and oxygen atoms in total. The SMILES string of the molecule is Clc1ccc(SCCNCC2CCCO2)nc1. The van der Waals surface area contributed by atoms with Gasteiger partial charge in [-0.05, 0) is 25.0 Å². The predicted octanol–water partition coefficient (Wildman–Crippen LogP) is 2.60. The minimum Gasteiger partial charge on any atom is -0.377 e. The van der Waals surface area contributed by atoms with Crippen molar-refractivity contribution in [3.05, 3.63) is 23.4 Å². The van der Waals surface area contributed by atoms with Crippen LogP contribution >= 0.6 is 23.4 Å². The highest BCUT2D eigenvalue weighted by Gasteiger charge is 2.14. The van der Waals surface area contributed by atoms with Crippen LogP contribution in [0.5, 0.6) is 0 Å². The molecule has 94 valence electrons. The summed E-state index contributed by atoms with van der Waals surface area (Å²) in [6.07, 6.45) is 4.51. The fraction of sp³-hybridized carbons (Fsp3) is 0.583. The zero-order chi connectivity index (χ0) is 11.9. The van der Waals surface area contributed by atoms with E-state index in [9.17, 15) is 0 Å². The Balaban J connectivity index is 1.55. The number of nitrogens with one attached hydrogen (secondary N) is 1. The first-order chi connectivity index (χ1) is 8.34. The molecule has 0 aliphatic carbocycles. The molecule has 1 N–H and O–H groups in total. The molecule has 1 unspecified atom stereocenters. The average molecular weight is 273 g/mol. The largest absolute Gasteiger partial charge is 0.377 e. The zero-order valence-electron chi connectivity index (χ0n) is 9.69. The van der Waals surface area contributed by atoms with Gasteiger partial charge in [-0.3, -0.25) is 0 Å². The summed E-state index contributed by atoms with van der Waals surface area (Å²) in [4.78, 5) is 4.23. The molecule has 1 aliphatic rings. The maximum Gasteiger partial charge on any atom is 0.0961 e. The van der Waals surface area contributed by atoms with Crippen molar-refractivity contribution >= 4 is 23.4 Å². The highest BCUT2D eigenvalue weighted by molar-refractivity contribution is 7.99. The summed E-state index contributed by atoms with van der Waals surface area (Å²) in [5, 5.41) is 5.12. The van der Waals surface area contributed by atoms with Crippen molar-refractivity contribution in [2.75, 3.05) is 25.4 Å². The number of nitrogens with zero attached hydrogens (tertiary/aromatic N) is 1. The third-order valence-corrected chi connectivity index (χ3v) is 3.79. The van der Waals surface area contributed by atoms with Gasteiger partial charge in [0.25, 0.3) is 0 Å². The smallest absolute Gasteiger partial charge is 0.0961 e. The Bertz CT molecular complexity index is 328. The van der Waals surface area contributed by atoms with Crippen molar-refractivity contribution in [1.29, 1.82) is 0 Å². The highest BCUT2D eigenvalue weighted by Crippen LogP contribution is 2.16. The van der Waals surface area contributed by atoms with Crippen LogP contribution in [-0.4, -0.2) is 36.5 Å². The molecule has 0 radical (unpaired) electrons. The summed E-state index contributed by atoms with van der Waals surface area (Å²) in [5.41, 5.74) is 0. The monoisotopic (exact) mass is 272 g/mol. The zero-order valence-corrected chi connectivity index (χ0v) is 11.3. The lowest BCUT2D eigenvalue weighted by molar-refractivity contribution is 0.110. The number of ether oxygens (including phenoxy) is 1. The number of rotatable bonds is 6. The Morgan fingerprint density at radius 3 is 3.18 bits per heavy atom. The van der Waals surface area contributed by atoms with E-state index in [4.69, 9.17) is 16.3 Å². The van der Waals surface area contributed by atoms with Gasteiger partial charge < -0.3 is 10.1 Å². The first-order valence-corrected chi connectivity index (χ1v) is 7.27. The standard InChI is InChI=1S/C12H17ClN2OS/c13-10-3-4-12(15-8-10)17-7-5-14-9-11-2-1-6-16-11/h3-4,8,11,14H,1-2,5-7,9H2. The molecule has 0 amide bonds. The number of thioether (sulfide) groups is 1. The third kappa shape index (κ3) is 4.84. The van der Waals surface area contributed by atoms with E-state index < -0.39 is 0 Å². The van der Waals surface area contributed by atoms with Crippen LogP contribution in [0.25, 0.3) is 0 Å². The number of aromatic nitrogens is 1. The van der Waals surface area contributed by atoms with Crippen LogP contribution < -0.4 is 5.32 Å². The van der Waals surface area contributed by atoms with E-state index in [1.807, 2.05) is 12.1 Å². The summed E-state index contributed by atoms with van der Waals surface area (Å²) < 4.78 is 5.53. The molecule has 0 spiro atoms. The molecule has 1 aliphatic heterocycles. The fourth-order valence-electron chi connectivity index (χ4n) is 1.74. The molecule has 2 heterocycles. The topological polar surface area (TPSA) is 34.1 Å². The Hall–Kier alpha value is -0.290. The molecular formula is C12H17ClN2OS. The quantitative estimate of drug-likeness (QED) is 0.638. The summed E-state index contributed by atoms with van der Waals surface area (Å²) in [6, 6.07) is 3.82. The Kier molecular flexibility index (Phi) is 5.58. The van der Waals surface area contributed by atoms with Crippen LogP contribution in [0, 0.1) is 0 Å². The lowest BCUT2D eigenvalue weighted by Crippen LogP contribution is -2.27. The molecule has 5 heteroatoms. The van der Waals surface area contributed by atoms with Gasteiger partial charge in [0.1, 0.15) is 0 Å². The van der Waals surface area contributed by atoms with E-state index in [0.717, 1.165) is 30.5 Å². The number of hydrogen-bond acceptors (Lipinski definition) is 4. The molecule has 1 saturated heterocycles. The normalized spacial score (nSPS) is 19.7. The van der Waals surface area contributed by atoms with Crippen molar-refractivity contribution in [3.8, 4) is 0 Å². The average Bonchev–Trinajstić information content (AvgIpc) is 2.84. The molecule has 1 fully saturated rings. The van der Waals surface area contributed by atoms with E-state index in [1.165, 1.54) is 12.8 Å². The Morgan fingerprint density at radius 1 is 1.53 bits per heavy atom. The van der Waals surface area contributed by atoms with Crippen molar-refractivity contribution in [3.63, 3.8) is 0 Å². The van der Waals surface area contributed by atoms with Crippen molar-refractivity contribution < 1.29 is 4.74 Å². The van der Waals surface area contributed by atoms with Gasteiger partial charge in [0, 0.05) is 31.6 Å². The third-order valence-electron chi connectivity index (χ3n) is 2.63. The Labute approximate surface area is 111 Å². The number of hydrogen-bond donors (Lipinski definition) is 1. The number of halogens is 1. The molecule has 2 rings (SSSR count). The molecule has 0 saturated carbocycles. The second-order valence-corrected chi connectivity index (χ2v) is 5.55. The van der Waals surface area contributed by atoms with Crippen LogP contribution in [0.1, 0.15) is 12.8 Å². The van der Waals surface area contributed by atoms with Crippen molar-refractivity contribution in [2.45, 2.75) is 24.0 Å². The minimum absolute atomic E-state index is 0.425. The van der Waals surface area contributed by atoms with Crippen LogP contribution in [0.4, 0.5) is 0 Å². The van der Waals surface area contributed by atoms with E-state index >= 15 is 0 Å². The van der Waals surface area contributed by atoms with Gasteiger partial charge >= 0.3 is 0 Å². The maximum absolute atomic E-state index is 5.77. The first-order valence-electron chi connectivity index (χ1n) is 5.91. The predicted molar refractivity (Wildman–Crippen MR) is 71.8 cm³/mol. The lowest BCUT2D eigenvalue weighted by atomic mass is 10.2. The van der Waals surface area contributed by atoms with Gasteiger partial charge in [0.05, 0.1) is 16.2 Å². The summed E-state index contributed by atoms with van der Waals surface area (Å²) in [6.45, 7) is 2.87. The number of pyridine rings is 1. The van der Waals surface area contributed by atoms with Crippen LogP contribution in [-0.2, 0) is 4.74 Å². The second kappa shape index (κ2) is 7.21. The first kappa shape index (κ1) is 13.1. The maximum atomic E-state index is 5.77. The molecular weight excluding hydrogens is 256 g/mol. The van der Waals surface area contributed by atoms with E-state index in [-0.39, 0.29) is 0 Å². The summed E-state index contributed by atoms with van der Waals surface area (Å²) in [7, 11) is 0. The van der Waals surface area contributed by atoms with Gasteiger partial charge in [0.15, 0.2) is 0 Å². The molecule has 17 heavy (non-hydrogen) atoms. The van der Waals surface area contributed by atoms with E-state index in [2.05, 4.69) is 10.3 Å². The van der Waals surface area contributed by atoms with Gasteiger partial charge in [-0.25, -0.2) is 4.98 Å². The molecule has 1 atom stereocenters. The second-order valence-electron chi connectivity index (χ2n) is 4.00. The van der Waals surface area contributed by atoms with E-state index in [0.29, 0.717) is 11.1 Å². The van der Waals surface area contributed by atoms with Crippen molar-refractivity contribution in [2.24, 2.45) is 0 Å². The molecule has 0 aromatic carbocycles. The summed E-state index contributed by atoms with van der Waals surface area (Å²) in [5.74, 6) is 1.02. The van der Waals surface area contributed by atoms with Gasteiger partial charge in [0.2, 0.25) is 0 Å². The molecule has 1 aromatic heterocycles. The van der Waals surface area contributed by atoms with E-state index in [1.54, 1.807) is 18.0 Å². The fourth-order valence-corrected chi connectivity index (χ4v) is 2.60. The van der Waals surface area contributed by atoms with Gasteiger partial charge in [-0.1, -0.05) is 11.6 Å². The summed E-state index contributed by atoms with van der Waals surface area (Å²) >= 11 is 7.51. The highest BCUT2D eigenvalue weighted by atomic mass is 35.5. The minimum atomic E-state index is 0.425. The van der Waals surface area contributed by atoms with Crippen LogP contribution in [0.3, 0.4) is 0 Å². The van der Waals surface area contributed by atoms with Gasteiger partial charge in [-0.15, -0.1) is 11.8 Å².